The van der Waals surface area contributed by atoms with Crippen molar-refractivity contribution < 1.29 is 0 Å². The van der Waals surface area contributed by atoms with E-state index in [1.807, 2.05) is 4.90 Å². The van der Waals surface area contributed by atoms with Crippen LogP contribution in [0.2, 0.25) is 0 Å². The van der Waals surface area contributed by atoms with Gasteiger partial charge in [0.2, 0.25) is 0 Å². The molecule has 2 heterocycles. The van der Waals surface area contributed by atoms with E-state index in [0.29, 0.717) is 11.4 Å². The SMILES string of the molecule is Cc1[nH]c(=O)[nH]c(=O)c1N1CCNCC1.Cl. The number of H-pyrrole nitrogens is 2. The average molecular weight is 247 g/mol. The van der Waals surface area contributed by atoms with Crippen molar-refractivity contribution in [1.29, 1.82) is 0 Å². The number of hydrogen-bond donors (Lipinski definition) is 3. The Hall–Kier alpha value is -1.27. The Kier molecular flexibility index (Phi) is 4.14. The lowest BCUT2D eigenvalue weighted by Crippen LogP contribution is -2.46. The molecule has 2 rings (SSSR count). The molecule has 90 valence electrons. The maximum Gasteiger partial charge on any atom is 0.326 e. The molecule has 7 heteroatoms. The van der Waals surface area contributed by atoms with Gasteiger partial charge in [-0.3, -0.25) is 9.78 Å². The van der Waals surface area contributed by atoms with Crippen LogP contribution in [-0.4, -0.2) is 36.1 Å². The summed E-state index contributed by atoms with van der Waals surface area (Å²) in [5.41, 5.74) is 0.455. The number of anilines is 1. The second kappa shape index (κ2) is 5.18. The molecule has 16 heavy (non-hydrogen) atoms. The number of rotatable bonds is 1. The van der Waals surface area contributed by atoms with Gasteiger partial charge in [0.05, 0.1) is 0 Å². The van der Waals surface area contributed by atoms with Gasteiger partial charge >= 0.3 is 5.69 Å². The van der Waals surface area contributed by atoms with Gasteiger partial charge in [-0.15, -0.1) is 12.4 Å². The lowest BCUT2D eigenvalue weighted by Gasteiger charge is -2.29. The zero-order chi connectivity index (χ0) is 10.8. The fourth-order valence-corrected chi connectivity index (χ4v) is 1.86. The van der Waals surface area contributed by atoms with Crippen molar-refractivity contribution in [1.82, 2.24) is 15.3 Å². The molecule has 1 aromatic rings. The first-order valence-electron chi connectivity index (χ1n) is 4.97. The first kappa shape index (κ1) is 12.8. The van der Waals surface area contributed by atoms with Gasteiger partial charge in [0.25, 0.3) is 5.56 Å². The highest BCUT2D eigenvalue weighted by Crippen LogP contribution is 2.10. The highest BCUT2D eigenvalue weighted by Gasteiger charge is 2.16. The lowest BCUT2D eigenvalue weighted by atomic mass is 10.3. The summed E-state index contributed by atoms with van der Waals surface area (Å²) in [4.78, 5) is 29.5. The van der Waals surface area contributed by atoms with Crippen molar-refractivity contribution in [2.45, 2.75) is 6.92 Å². The highest BCUT2D eigenvalue weighted by atomic mass is 35.5. The largest absolute Gasteiger partial charge is 0.363 e. The smallest absolute Gasteiger partial charge is 0.326 e. The van der Waals surface area contributed by atoms with E-state index in [0.717, 1.165) is 26.2 Å². The monoisotopic (exact) mass is 246 g/mol. The molecule has 1 aliphatic rings. The molecule has 1 aliphatic heterocycles. The lowest BCUT2D eigenvalue weighted by molar-refractivity contribution is 0.585. The minimum Gasteiger partial charge on any atom is -0.363 e. The summed E-state index contributed by atoms with van der Waals surface area (Å²) in [6.45, 7) is 5.04. The number of piperazine rings is 1. The number of hydrogen-bond acceptors (Lipinski definition) is 4. The Labute approximate surface area is 98.5 Å². The second-order valence-corrected chi connectivity index (χ2v) is 3.62. The van der Waals surface area contributed by atoms with Gasteiger partial charge in [0, 0.05) is 31.9 Å². The Morgan fingerprint density at radius 2 is 1.75 bits per heavy atom. The number of aromatic amines is 2. The minimum atomic E-state index is -0.448. The molecule has 1 aromatic heterocycles. The van der Waals surface area contributed by atoms with E-state index in [2.05, 4.69) is 15.3 Å². The van der Waals surface area contributed by atoms with Crippen LogP contribution < -0.4 is 21.5 Å². The summed E-state index contributed by atoms with van der Waals surface area (Å²) in [6, 6.07) is 0. The number of nitrogens with zero attached hydrogens (tertiary/aromatic N) is 1. The van der Waals surface area contributed by atoms with E-state index in [9.17, 15) is 9.59 Å². The molecule has 3 N–H and O–H groups in total. The Morgan fingerprint density at radius 1 is 1.12 bits per heavy atom. The number of aromatic nitrogens is 2. The summed E-state index contributed by atoms with van der Waals surface area (Å²) >= 11 is 0. The number of nitrogens with one attached hydrogen (secondary N) is 3. The molecule has 0 atom stereocenters. The fourth-order valence-electron chi connectivity index (χ4n) is 1.86. The van der Waals surface area contributed by atoms with Crippen LogP contribution >= 0.6 is 12.4 Å². The molecule has 0 radical (unpaired) electrons. The maximum atomic E-state index is 11.6. The molecule has 0 amide bonds. The topological polar surface area (TPSA) is 81.0 Å². The Morgan fingerprint density at radius 3 is 2.31 bits per heavy atom. The minimum absolute atomic E-state index is 0. The van der Waals surface area contributed by atoms with Crippen LogP contribution in [0.4, 0.5) is 5.69 Å². The predicted molar refractivity (Wildman–Crippen MR) is 64.8 cm³/mol. The van der Waals surface area contributed by atoms with Crippen molar-refractivity contribution in [3.63, 3.8) is 0 Å². The van der Waals surface area contributed by atoms with Crippen LogP contribution in [0.15, 0.2) is 9.59 Å². The van der Waals surface area contributed by atoms with Gasteiger partial charge in [-0.25, -0.2) is 4.79 Å². The first-order chi connectivity index (χ1) is 7.18. The highest BCUT2D eigenvalue weighted by molar-refractivity contribution is 5.85. The van der Waals surface area contributed by atoms with Crippen molar-refractivity contribution in [3.05, 3.63) is 26.5 Å². The number of halogens is 1. The molecule has 0 aromatic carbocycles. The van der Waals surface area contributed by atoms with Gasteiger partial charge in [0.15, 0.2) is 0 Å². The third-order valence-corrected chi connectivity index (χ3v) is 2.53. The molecule has 0 saturated carbocycles. The first-order valence-corrected chi connectivity index (χ1v) is 4.97. The zero-order valence-electron chi connectivity index (χ0n) is 9.00. The quantitative estimate of drug-likeness (QED) is 0.606. The van der Waals surface area contributed by atoms with Crippen LogP contribution in [0, 0.1) is 6.92 Å². The Bertz CT molecular complexity index is 461. The third kappa shape index (κ3) is 2.45. The predicted octanol–water partition coefficient (Wildman–Crippen LogP) is -0.797. The van der Waals surface area contributed by atoms with Crippen molar-refractivity contribution >= 4 is 18.1 Å². The van der Waals surface area contributed by atoms with Crippen molar-refractivity contribution in [2.24, 2.45) is 0 Å². The van der Waals surface area contributed by atoms with Gasteiger partial charge in [-0.05, 0) is 6.92 Å². The van der Waals surface area contributed by atoms with Crippen molar-refractivity contribution in [3.8, 4) is 0 Å². The molecular weight excluding hydrogens is 232 g/mol. The van der Waals surface area contributed by atoms with E-state index < -0.39 is 5.69 Å². The standard InChI is InChI=1S/C9H14N4O2.ClH/c1-6-7(8(14)12-9(15)11-6)13-4-2-10-3-5-13;/h10H,2-5H2,1H3,(H2,11,12,14,15);1H. The van der Waals surface area contributed by atoms with Gasteiger partial charge in [-0.1, -0.05) is 0 Å². The summed E-state index contributed by atoms with van der Waals surface area (Å²) in [7, 11) is 0. The molecule has 0 spiro atoms. The van der Waals surface area contributed by atoms with E-state index in [-0.39, 0.29) is 18.0 Å². The Balaban J connectivity index is 0.00000128. The molecule has 1 saturated heterocycles. The maximum absolute atomic E-state index is 11.6. The number of aryl methyl sites for hydroxylation is 1. The normalized spacial score (nSPS) is 15.7. The van der Waals surface area contributed by atoms with E-state index in [4.69, 9.17) is 0 Å². The molecule has 1 fully saturated rings. The molecule has 0 unspecified atom stereocenters. The summed E-state index contributed by atoms with van der Waals surface area (Å²) in [5.74, 6) is 0. The second-order valence-electron chi connectivity index (χ2n) is 3.62. The molecule has 0 bridgehead atoms. The van der Waals surface area contributed by atoms with Gasteiger partial charge in [-0.2, -0.15) is 0 Å². The van der Waals surface area contributed by atoms with E-state index in [1.165, 1.54) is 0 Å². The van der Waals surface area contributed by atoms with Crippen LogP contribution in [0.1, 0.15) is 5.69 Å². The average Bonchev–Trinajstić information content (AvgIpc) is 2.17. The van der Waals surface area contributed by atoms with Crippen LogP contribution in [0.25, 0.3) is 0 Å². The zero-order valence-corrected chi connectivity index (χ0v) is 9.82. The van der Waals surface area contributed by atoms with Gasteiger partial charge in [0.1, 0.15) is 5.69 Å². The summed E-state index contributed by atoms with van der Waals surface area (Å²) in [5, 5.41) is 3.21. The molecule has 0 aliphatic carbocycles. The molecule has 6 nitrogen and oxygen atoms in total. The van der Waals surface area contributed by atoms with Crippen molar-refractivity contribution in [2.75, 3.05) is 31.1 Å². The van der Waals surface area contributed by atoms with Crippen LogP contribution in [0.5, 0.6) is 0 Å². The third-order valence-electron chi connectivity index (χ3n) is 2.53. The molecular formula is C9H15ClN4O2. The van der Waals surface area contributed by atoms with Crippen LogP contribution in [0.3, 0.4) is 0 Å². The summed E-state index contributed by atoms with van der Waals surface area (Å²) in [6.07, 6.45) is 0. The van der Waals surface area contributed by atoms with Gasteiger partial charge < -0.3 is 15.2 Å². The van der Waals surface area contributed by atoms with E-state index in [1.54, 1.807) is 6.92 Å². The summed E-state index contributed by atoms with van der Waals surface area (Å²) < 4.78 is 0. The fraction of sp³-hybridized carbons (Fsp3) is 0.556. The van der Waals surface area contributed by atoms with Crippen LogP contribution in [-0.2, 0) is 0 Å². The van der Waals surface area contributed by atoms with E-state index >= 15 is 0 Å².